The van der Waals surface area contributed by atoms with Gasteiger partial charge >= 0.3 is 10.5 Å². The van der Waals surface area contributed by atoms with Crippen molar-refractivity contribution < 1.29 is 21.2 Å². The summed E-state index contributed by atoms with van der Waals surface area (Å²) in [5.41, 5.74) is 3.63. The van der Waals surface area contributed by atoms with Gasteiger partial charge in [0, 0.05) is 29.1 Å². The van der Waals surface area contributed by atoms with E-state index in [1.807, 2.05) is 37.6 Å². The van der Waals surface area contributed by atoms with Crippen LogP contribution in [-0.4, -0.2) is 24.1 Å². The van der Waals surface area contributed by atoms with E-state index in [9.17, 15) is 17.1 Å². The Bertz CT molecular complexity index is 1900. The standard InChI is InChI=1S/C27H21FN2O5S/c1-5-16-9-10-19-22(11-16)29-27-25(19)26(31)21-14-24(34-15(2)3)20(13-23(21)30(27)4)17-7-6-8-18(12-17)35-36(28,32)33/h1,6-15,29H,2-4H3. The zero-order valence-electron chi connectivity index (χ0n) is 19.6. The largest absolute Gasteiger partial charge is 0.490 e. The fourth-order valence-corrected chi connectivity index (χ4v) is 4.78. The van der Waals surface area contributed by atoms with E-state index in [0.29, 0.717) is 44.4 Å². The molecule has 0 aliphatic heterocycles. The van der Waals surface area contributed by atoms with Gasteiger partial charge in [0.25, 0.3) is 0 Å². The second kappa shape index (κ2) is 8.43. The third-order valence-corrected chi connectivity index (χ3v) is 6.31. The molecule has 0 fully saturated rings. The van der Waals surface area contributed by atoms with E-state index in [1.54, 1.807) is 30.3 Å². The maximum atomic E-state index is 13.7. The highest BCUT2D eigenvalue weighted by Gasteiger charge is 2.19. The van der Waals surface area contributed by atoms with Crippen molar-refractivity contribution in [2.24, 2.45) is 7.05 Å². The molecule has 0 atom stereocenters. The summed E-state index contributed by atoms with van der Waals surface area (Å²) in [6.07, 6.45) is 5.33. The molecule has 0 radical (unpaired) electrons. The van der Waals surface area contributed by atoms with E-state index in [1.165, 1.54) is 12.1 Å². The van der Waals surface area contributed by atoms with Crippen LogP contribution in [0.2, 0.25) is 0 Å². The van der Waals surface area contributed by atoms with Crippen LogP contribution < -0.4 is 14.3 Å². The Morgan fingerprint density at radius 1 is 1.08 bits per heavy atom. The highest BCUT2D eigenvalue weighted by atomic mass is 32.3. The number of aryl methyl sites for hydroxylation is 1. The first kappa shape index (κ1) is 23.5. The van der Waals surface area contributed by atoms with Gasteiger partial charge in [-0.05, 0) is 55.8 Å². The monoisotopic (exact) mass is 504 g/mol. The van der Waals surface area contributed by atoms with Gasteiger partial charge in [0.05, 0.1) is 22.4 Å². The lowest BCUT2D eigenvalue weighted by atomic mass is 10.0. The molecule has 5 aromatic rings. The Hall–Kier alpha value is -4.29. The highest BCUT2D eigenvalue weighted by molar-refractivity contribution is 7.81. The summed E-state index contributed by atoms with van der Waals surface area (Å²) in [6, 6.07) is 14.9. The smallest absolute Gasteiger partial charge is 0.488 e. The molecule has 0 bridgehead atoms. The number of benzene rings is 3. The molecule has 0 saturated carbocycles. The first-order chi connectivity index (χ1) is 17.1. The zero-order valence-corrected chi connectivity index (χ0v) is 20.4. The van der Waals surface area contributed by atoms with Gasteiger partial charge in [-0.2, -0.15) is 8.42 Å². The number of aromatic amines is 1. The Kier molecular flexibility index (Phi) is 5.49. The minimum Gasteiger partial charge on any atom is -0.490 e. The molecule has 3 aromatic carbocycles. The molecule has 7 nitrogen and oxygen atoms in total. The number of fused-ring (bicyclic) bond motifs is 4. The number of nitrogens with zero attached hydrogens (tertiary/aromatic N) is 1. The molecular formula is C27H21FN2O5S. The summed E-state index contributed by atoms with van der Waals surface area (Å²) >= 11 is 0. The maximum absolute atomic E-state index is 13.7. The van der Waals surface area contributed by atoms with Crippen molar-refractivity contribution in [2.75, 3.05) is 0 Å². The predicted molar refractivity (Wildman–Crippen MR) is 138 cm³/mol. The minimum atomic E-state index is -5.19. The number of ether oxygens (including phenoxy) is 1. The van der Waals surface area contributed by atoms with Gasteiger partial charge in [-0.25, -0.2) is 0 Å². The topological polar surface area (TPSA) is 90.4 Å². The summed E-state index contributed by atoms with van der Waals surface area (Å²) in [5.74, 6) is 2.84. The number of hydrogen-bond donors (Lipinski definition) is 1. The molecule has 0 amide bonds. The van der Waals surface area contributed by atoms with Crippen LogP contribution >= 0.6 is 0 Å². The first-order valence-electron chi connectivity index (χ1n) is 11.1. The van der Waals surface area contributed by atoms with Gasteiger partial charge in [0.1, 0.15) is 17.1 Å². The van der Waals surface area contributed by atoms with Crippen molar-refractivity contribution in [3.05, 3.63) is 70.4 Å². The highest BCUT2D eigenvalue weighted by Crippen LogP contribution is 2.37. The average Bonchev–Trinajstić information content (AvgIpc) is 3.20. The third kappa shape index (κ3) is 4.06. The van der Waals surface area contributed by atoms with E-state index in [4.69, 9.17) is 11.2 Å². The third-order valence-electron chi connectivity index (χ3n) is 5.92. The van der Waals surface area contributed by atoms with E-state index < -0.39 is 10.5 Å². The van der Waals surface area contributed by atoms with Crippen LogP contribution in [0.15, 0.2) is 59.4 Å². The van der Waals surface area contributed by atoms with Gasteiger partial charge in [-0.15, -0.1) is 6.42 Å². The van der Waals surface area contributed by atoms with Gasteiger partial charge < -0.3 is 18.5 Å². The second-order valence-electron chi connectivity index (χ2n) is 8.68. The molecule has 0 aliphatic carbocycles. The summed E-state index contributed by atoms with van der Waals surface area (Å²) in [7, 11) is -3.35. The lowest BCUT2D eigenvalue weighted by molar-refractivity contribution is 0.244. The van der Waals surface area contributed by atoms with Crippen molar-refractivity contribution in [1.82, 2.24) is 9.55 Å². The molecule has 0 saturated heterocycles. The van der Waals surface area contributed by atoms with Crippen LogP contribution in [0.3, 0.4) is 0 Å². The number of rotatable bonds is 5. The fourth-order valence-electron chi connectivity index (χ4n) is 4.44. The van der Waals surface area contributed by atoms with E-state index in [-0.39, 0.29) is 17.3 Å². The molecule has 182 valence electrons. The first-order valence-corrected chi connectivity index (χ1v) is 12.4. The number of nitrogens with one attached hydrogen (secondary N) is 1. The van der Waals surface area contributed by atoms with E-state index >= 15 is 0 Å². The van der Waals surface area contributed by atoms with Crippen molar-refractivity contribution in [2.45, 2.75) is 20.0 Å². The van der Waals surface area contributed by atoms with Crippen LogP contribution in [0, 0.1) is 12.3 Å². The second-order valence-corrected chi connectivity index (χ2v) is 9.63. The molecule has 0 aliphatic rings. The average molecular weight is 505 g/mol. The van der Waals surface area contributed by atoms with Crippen LogP contribution in [0.25, 0.3) is 44.0 Å². The molecule has 2 aromatic heterocycles. The number of pyridine rings is 1. The molecular weight excluding hydrogens is 483 g/mol. The van der Waals surface area contributed by atoms with Gasteiger partial charge in [0.2, 0.25) is 0 Å². The molecule has 1 N–H and O–H groups in total. The molecule has 9 heteroatoms. The van der Waals surface area contributed by atoms with E-state index in [2.05, 4.69) is 15.1 Å². The number of aromatic nitrogens is 2. The Morgan fingerprint density at radius 3 is 2.56 bits per heavy atom. The lowest BCUT2D eigenvalue weighted by Crippen LogP contribution is -2.11. The molecule has 5 rings (SSSR count). The summed E-state index contributed by atoms with van der Waals surface area (Å²) in [6.45, 7) is 3.71. The van der Waals surface area contributed by atoms with Crippen LogP contribution in [0.5, 0.6) is 11.5 Å². The fraction of sp³-hybridized carbons (Fsp3) is 0.148. The van der Waals surface area contributed by atoms with Gasteiger partial charge in [-0.3, -0.25) is 4.79 Å². The van der Waals surface area contributed by atoms with Crippen LogP contribution in [0.1, 0.15) is 19.4 Å². The van der Waals surface area contributed by atoms with Gasteiger partial charge in [-0.1, -0.05) is 28.0 Å². The Labute approximate surface area is 206 Å². The summed E-state index contributed by atoms with van der Waals surface area (Å²) < 4.78 is 47.4. The molecule has 36 heavy (non-hydrogen) atoms. The summed E-state index contributed by atoms with van der Waals surface area (Å²) in [4.78, 5) is 17.0. The Balaban J connectivity index is 1.83. The maximum Gasteiger partial charge on any atom is 0.488 e. The quantitative estimate of drug-likeness (QED) is 0.262. The molecule has 0 unspecified atom stereocenters. The molecule has 0 spiro atoms. The van der Waals surface area contributed by atoms with Crippen molar-refractivity contribution >= 4 is 43.3 Å². The van der Waals surface area contributed by atoms with Crippen molar-refractivity contribution in [1.29, 1.82) is 0 Å². The number of hydrogen-bond acceptors (Lipinski definition) is 5. The van der Waals surface area contributed by atoms with Gasteiger partial charge in [0.15, 0.2) is 5.43 Å². The lowest BCUT2D eigenvalue weighted by Gasteiger charge is -2.17. The number of H-pyrrole nitrogens is 1. The SMILES string of the molecule is C#Cc1ccc2c(c1)[nH]c1c2c(=O)c2cc(OC(C)C)c(-c3cccc(OS(=O)(=O)F)c3)cc2n1C. The van der Waals surface area contributed by atoms with Crippen LogP contribution in [-0.2, 0) is 17.6 Å². The molecule has 2 heterocycles. The van der Waals surface area contributed by atoms with E-state index in [0.717, 1.165) is 10.9 Å². The van der Waals surface area contributed by atoms with Crippen molar-refractivity contribution in [3.63, 3.8) is 0 Å². The Morgan fingerprint density at radius 2 is 1.86 bits per heavy atom. The van der Waals surface area contributed by atoms with Crippen molar-refractivity contribution in [3.8, 4) is 35.0 Å². The normalized spacial score (nSPS) is 11.9. The number of halogens is 1. The minimum absolute atomic E-state index is 0.168. The predicted octanol–water partition coefficient (Wildman–Crippen LogP) is 5.20. The number of terminal acetylenes is 1. The van der Waals surface area contributed by atoms with Crippen LogP contribution in [0.4, 0.5) is 3.89 Å². The summed E-state index contributed by atoms with van der Waals surface area (Å²) in [5, 5.41) is 1.75. The zero-order chi connectivity index (χ0) is 25.8.